The molecule has 1 N–H and O–H groups in total. The summed E-state index contributed by atoms with van der Waals surface area (Å²) in [7, 11) is 3.11. The van der Waals surface area contributed by atoms with Crippen molar-refractivity contribution in [1.82, 2.24) is 0 Å². The van der Waals surface area contributed by atoms with Crippen molar-refractivity contribution >= 4 is 0 Å². The zero-order valence-corrected chi connectivity index (χ0v) is 13.1. The number of allylic oxidation sites excluding steroid dienone is 1. The number of hydrogen-bond donors (Lipinski definition) is 1. The first-order valence-corrected chi connectivity index (χ1v) is 6.63. The molecule has 0 saturated carbocycles. The number of hydrogen-bond acceptors (Lipinski definition) is 4. The van der Waals surface area contributed by atoms with Crippen LogP contribution >= 0.6 is 0 Å². The molecule has 112 valence electrons. The van der Waals surface area contributed by atoms with Crippen LogP contribution in [0.4, 0.5) is 0 Å². The summed E-state index contributed by atoms with van der Waals surface area (Å²) >= 11 is 0. The van der Waals surface area contributed by atoms with Gasteiger partial charge in [0.2, 0.25) is 5.79 Å². The predicted molar refractivity (Wildman–Crippen MR) is 78.6 cm³/mol. The molecule has 20 heavy (non-hydrogen) atoms. The predicted octanol–water partition coefficient (Wildman–Crippen LogP) is 3.98. The number of benzene rings is 1. The van der Waals surface area contributed by atoms with E-state index in [0.717, 1.165) is 11.1 Å². The molecule has 0 amide bonds. The lowest BCUT2D eigenvalue weighted by Crippen LogP contribution is -2.36. The summed E-state index contributed by atoms with van der Waals surface area (Å²) in [6.45, 7) is 8.02. The molecule has 0 aliphatic carbocycles. The fourth-order valence-electron chi connectivity index (χ4n) is 2.64. The lowest BCUT2D eigenvalue weighted by atomic mass is 9.86. The second-order valence-corrected chi connectivity index (χ2v) is 5.21. The number of methoxy groups -OCH3 is 2. The summed E-state index contributed by atoms with van der Waals surface area (Å²) in [5, 5.41) is 9.56. The van der Waals surface area contributed by atoms with Crippen LogP contribution in [0.3, 0.4) is 0 Å². The Morgan fingerprint density at radius 3 is 2.25 bits per heavy atom. The van der Waals surface area contributed by atoms with Gasteiger partial charge in [0.15, 0.2) is 0 Å². The summed E-state index contributed by atoms with van der Waals surface area (Å²) in [6, 6.07) is 7.31. The van der Waals surface area contributed by atoms with E-state index in [1.54, 1.807) is 13.2 Å². The van der Waals surface area contributed by atoms with E-state index in [0.29, 0.717) is 11.3 Å². The van der Waals surface area contributed by atoms with Crippen LogP contribution in [0.1, 0.15) is 33.3 Å². The van der Waals surface area contributed by atoms with Crippen molar-refractivity contribution in [2.75, 3.05) is 14.2 Å². The molecule has 4 nitrogen and oxygen atoms in total. The largest absolute Gasteiger partial charge is 0.497 e. The first-order chi connectivity index (χ1) is 9.42. The highest BCUT2D eigenvalue weighted by Crippen LogP contribution is 2.40. The van der Waals surface area contributed by atoms with Crippen molar-refractivity contribution in [3.63, 3.8) is 0 Å². The molecule has 1 unspecified atom stereocenters. The lowest BCUT2D eigenvalue weighted by Gasteiger charge is -2.35. The van der Waals surface area contributed by atoms with Crippen molar-refractivity contribution in [1.29, 1.82) is 0 Å². The SMILES string of the molecule is COc1cccc(C(OC)(OO)C(=C(C)C)C(C)C)c1. The summed E-state index contributed by atoms with van der Waals surface area (Å²) in [4.78, 5) is 4.82. The molecule has 0 radical (unpaired) electrons. The van der Waals surface area contributed by atoms with Gasteiger partial charge in [-0.3, -0.25) is 0 Å². The van der Waals surface area contributed by atoms with E-state index in [9.17, 15) is 5.26 Å². The summed E-state index contributed by atoms with van der Waals surface area (Å²) in [6.07, 6.45) is 0. The second kappa shape index (κ2) is 6.88. The molecule has 1 aromatic carbocycles. The second-order valence-electron chi connectivity index (χ2n) is 5.21. The van der Waals surface area contributed by atoms with Crippen molar-refractivity contribution in [3.8, 4) is 5.75 Å². The van der Waals surface area contributed by atoms with Gasteiger partial charge in [-0.25, -0.2) is 5.26 Å². The molecule has 1 rings (SSSR count). The van der Waals surface area contributed by atoms with E-state index in [1.165, 1.54) is 7.11 Å². The van der Waals surface area contributed by atoms with Gasteiger partial charge in [0.05, 0.1) is 7.11 Å². The highest BCUT2D eigenvalue weighted by molar-refractivity contribution is 5.38. The molecule has 0 aliphatic heterocycles. The average molecular weight is 280 g/mol. The van der Waals surface area contributed by atoms with Crippen LogP contribution in [0.15, 0.2) is 35.4 Å². The Labute approximate surface area is 120 Å². The summed E-state index contributed by atoms with van der Waals surface area (Å²) in [5.74, 6) is -0.488. The van der Waals surface area contributed by atoms with E-state index in [-0.39, 0.29) is 5.92 Å². The van der Waals surface area contributed by atoms with Crippen LogP contribution < -0.4 is 4.74 Å². The molecular formula is C16H24O4. The quantitative estimate of drug-likeness (QED) is 0.370. The lowest BCUT2D eigenvalue weighted by molar-refractivity contribution is -0.393. The molecule has 0 aromatic heterocycles. The van der Waals surface area contributed by atoms with Crippen molar-refractivity contribution in [2.45, 2.75) is 33.5 Å². The van der Waals surface area contributed by atoms with Gasteiger partial charge in [-0.15, -0.1) is 0 Å². The number of rotatable bonds is 6. The highest BCUT2D eigenvalue weighted by atomic mass is 17.1. The van der Waals surface area contributed by atoms with Crippen LogP contribution in [0.2, 0.25) is 0 Å². The van der Waals surface area contributed by atoms with Crippen LogP contribution in [-0.2, 0) is 15.4 Å². The Morgan fingerprint density at radius 1 is 1.20 bits per heavy atom. The van der Waals surface area contributed by atoms with Crippen molar-refractivity contribution in [2.24, 2.45) is 5.92 Å². The van der Waals surface area contributed by atoms with Crippen LogP contribution in [0.5, 0.6) is 5.75 Å². The topological polar surface area (TPSA) is 47.9 Å². The standard InChI is InChI=1S/C16H24O4/c1-11(2)15(12(3)4)16(19-6,20-17)13-8-7-9-14(10-13)18-5/h7-11,17H,1-6H3. The Morgan fingerprint density at radius 2 is 1.85 bits per heavy atom. The van der Waals surface area contributed by atoms with Crippen LogP contribution in [0.25, 0.3) is 0 Å². The maximum Gasteiger partial charge on any atom is 0.250 e. The molecule has 1 aromatic rings. The minimum Gasteiger partial charge on any atom is -0.497 e. The van der Waals surface area contributed by atoms with Gasteiger partial charge in [0, 0.05) is 12.7 Å². The van der Waals surface area contributed by atoms with Gasteiger partial charge in [0.25, 0.3) is 0 Å². The Kier molecular flexibility index (Phi) is 5.74. The van der Waals surface area contributed by atoms with E-state index >= 15 is 0 Å². The smallest absolute Gasteiger partial charge is 0.250 e. The zero-order valence-electron chi connectivity index (χ0n) is 13.1. The molecule has 0 saturated heterocycles. The molecular weight excluding hydrogens is 256 g/mol. The maximum atomic E-state index is 9.56. The average Bonchev–Trinajstić information content (AvgIpc) is 2.43. The molecule has 0 bridgehead atoms. The Balaban J connectivity index is 3.52. The maximum absolute atomic E-state index is 9.56. The normalized spacial score (nSPS) is 14.0. The van der Waals surface area contributed by atoms with E-state index in [4.69, 9.17) is 14.4 Å². The molecule has 0 spiro atoms. The van der Waals surface area contributed by atoms with E-state index < -0.39 is 5.79 Å². The molecule has 0 fully saturated rings. The monoisotopic (exact) mass is 280 g/mol. The van der Waals surface area contributed by atoms with Crippen molar-refractivity contribution in [3.05, 3.63) is 41.0 Å². The van der Waals surface area contributed by atoms with Crippen LogP contribution in [0, 0.1) is 5.92 Å². The molecule has 0 aliphatic rings. The molecule has 0 heterocycles. The van der Waals surface area contributed by atoms with Gasteiger partial charge in [-0.05, 0) is 37.5 Å². The molecule has 1 atom stereocenters. The minimum absolute atomic E-state index is 0.151. The highest BCUT2D eigenvalue weighted by Gasteiger charge is 2.41. The van der Waals surface area contributed by atoms with Gasteiger partial charge in [0.1, 0.15) is 5.75 Å². The fraction of sp³-hybridized carbons (Fsp3) is 0.500. The summed E-state index contributed by atoms with van der Waals surface area (Å²) in [5.41, 5.74) is 2.61. The Hall–Kier alpha value is -1.36. The van der Waals surface area contributed by atoms with Gasteiger partial charge >= 0.3 is 0 Å². The zero-order chi connectivity index (χ0) is 15.3. The van der Waals surface area contributed by atoms with E-state index in [1.807, 2.05) is 45.9 Å². The first kappa shape index (κ1) is 16.7. The molecule has 4 heteroatoms. The third-order valence-corrected chi connectivity index (χ3v) is 3.34. The first-order valence-electron chi connectivity index (χ1n) is 6.63. The van der Waals surface area contributed by atoms with Gasteiger partial charge in [-0.2, -0.15) is 4.89 Å². The minimum atomic E-state index is -1.32. The van der Waals surface area contributed by atoms with E-state index in [2.05, 4.69) is 0 Å². The summed E-state index contributed by atoms with van der Waals surface area (Å²) < 4.78 is 10.8. The van der Waals surface area contributed by atoms with Gasteiger partial charge in [-0.1, -0.05) is 31.6 Å². The van der Waals surface area contributed by atoms with Crippen LogP contribution in [-0.4, -0.2) is 19.5 Å². The third-order valence-electron chi connectivity index (χ3n) is 3.34. The van der Waals surface area contributed by atoms with Gasteiger partial charge < -0.3 is 9.47 Å². The van der Waals surface area contributed by atoms with Crippen molar-refractivity contribution < 1.29 is 19.6 Å². The Bertz CT molecular complexity index is 469. The third kappa shape index (κ3) is 3.03. The number of ether oxygens (including phenoxy) is 2. The fourth-order valence-corrected chi connectivity index (χ4v) is 2.64.